The molecule has 1 aliphatic rings. The number of aliphatic imine (C=N–C) groups is 1. The number of esters is 1. The molecule has 1 amide bonds. The van der Waals surface area contributed by atoms with Gasteiger partial charge >= 0.3 is 5.97 Å². The van der Waals surface area contributed by atoms with Crippen molar-refractivity contribution in [3.63, 3.8) is 0 Å². The van der Waals surface area contributed by atoms with Gasteiger partial charge in [-0.2, -0.15) is 0 Å². The standard InChI is InChI=1S/C21H19IN2O5S/c1-12-4-6-14(7-5-12)23-21-24-20(26)17(30-21)10-13-8-15(22)19(16(9-13)27-2)29-11-18(25)28-3/h4-10H,11H2,1-3H3,(H,23,24,26)/b17-10+. The summed E-state index contributed by atoms with van der Waals surface area (Å²) >= 11 is 3.36. The molecule has 1 aliphatic heterocycles. The second-order valence-electron chi connectivity index (χ2n) is 6.22. The van der Waals surface area contributed by atoms with Crippen LogP contribution in [0.15, 0.2) is 46.3 Å². The fourth-order valence-corrected chi connectivity index (χ4v) is 4.14. The molecule has 9 heteroatoms. The summed E-state index contributed by atoms with van der Waals surface area (Å²) in [5, 5.41) is 3.30. The summed E-state index contributed by atoms with van der Waals surface area (Å²) in [4.78, 5) is 28.7. The van der Waals surface area contributed by atoms with Crippen molar-refractivity contribution in [1.82, 2.24) is 5.32 Å². The largest absolute Gasteiger partial charge is 0.493 e. The number of carbonyl (C=O) groups is 2. The number of hydrogen-bond donors (Lipinski definition) is 1. The highest BCUT2D eigenvalue weighted by molar-refractivity contribution is 14.1. The molecule has 0 saturated carbocycles. The smallest absolute Gasteiger partial charge is 0.343 e. The summed E-state index contributed by atoms with van der Waals surface area (Å²) in [7, 11) is 2.81. The van der Waals surface area contributed by atoms with Gasteiger partial charge in [0.05, 0.1) is 28.4 Å². The van der Waals surface area contributed by atoms with Crippen molar-refractivity contribution in [1.29, 1.82) is 0 Å². The number of hydrogen-bond acceptors (Lipinski definition) is 7. The van der Waals surface area contributed by atoms with Gasteiger partial charge in [-0.05, 0) is 77.2 Å². The summed E-state index contributed by atoms with van der Waals surface area (Å²) in [5.41, 5.74) is 2.68. The van der Waals surface area contributed by atoms with Crippen molar-refractivity contribution in [2.24, 2.45) is 4.99 Å². The molecule has 0 spiro atoms. The number of halogens is 1. The fourth-order valence-electron chi connectivity index (χ4n) is 2.52. The quantitative estimate of drug-likeness (QED) is 0.340. The molecule has 7 nitrogen and oxygen atoms in total. The first-order valence-electron chi connectivity index (χ1n) is 8.83. The van der Waals surface area contributed by atoms with Crippen LogP contribution in [0.5, 0.6) is 11.5 Å². The molecule has 0 radical (unpaired) electrons. The summed E-state index contributed by atoms with van der Waals surface area (Å²) in [5.74, 6) is 0.190. The highest BCUT2D eigenvalue weighted by atomic mass is 127. The Kier molecular flexibility index (Phi) is 7.38. The molecule has 0 aliphatic carbocycles. The van der Waals surface area contributed by atoms with Crippen molar-refractivity contribution in [3.05, 3.63) is 56.0 Å². The highest BCUT2D eigenvalue weighted by Crippen LogP contribution is 2.36. The summed E-state index contributed by atoms with van der Waals surface area (Å²) in [6.45, 7) is 1.78. The molecule has 1 saturated heterocycles. The topological polar surface area (TPSA) is 86.2 Å². The van der Waals surface area contributed by atoms with E-state index in [0.717, 1.165) is 20.4 Å². The van der Waals surface area contributed by atoms with Crippen LogP contribution in [0.3, 0.4) is 0 Å². The predicted molar refractivity (Wildman–Crippen MR) is 125 cm³/mol. The van der Waals surface area contributed by atoms with E-state index in [9.17, 15) is 9.59 Å². The number of amides is 1. The highest BCUT2D eigenvalue weighted by Gasteiger charge is 2.24. The van der Waals surface area contributed by atoms with Gasteiger partial charge in [-0.15, -0.1) is 0 Å². The Balaban J connectivity index is 1.82. The molecule has 0 aromatic heterocycles. The van der Waals surface area contributed by atoms with E-state index in [-0.39, 0.29) is 12.5 Å². The second kappa shape index (κ2) is 9.98. The number of rotatable bonds is 6. The average molecular weight is 538 g/mol. The van der Waals surface area contributed by atoms with Crippen LogP contribution in [0, 0.1) is 10.5 Å². The monoisotopic (exact) mass is 538 g/mol. The average Bonchev–Trinajstić information content (AvgIpc) is 3.06. The molecule has 0 unspecified atom stereocenters. The maximum absolute atomic E-state index is 12.4. The molecule has 1 N–H and O–H groups in total. The number of ether oxygens (including phenoxy) is 3. The van der Waals surface area contributed by atoms with Gasteiger partial charge in [0, 0.05) is 0 Å². The van der Waals surface area contributed by atoms with Crippen molar-refractivity contribution in [2.75, 3.05) is 20.8 Å². The number of carbonyl (C=O) groups excluding carboxylic acids is 2. The van der Waals surface area contributed by atoms with Gasteiger partial charge in [-0.25, -0.2) is 9.79 Å². The van der Waals surface area contributed by atoms with Gasteiger partial charge in [-0.3, -0.25) is 4.79 Å². The van der Waals surface area contributed by atoms with E-state index in [1.807, 2.05) is 37.3 Å². The maximum Gasteiger partial charge on any atom is 0.343 e. The molecular weight excluding hydrogens is 519 g/mol. The van der Waals surface area contributed by atoms with E-state index in [0.29, 0.717) is 21.6 Å². The van der Waals surface area contributed by atoms with Gasteiger partial charge in [-0.1, -0.05) is 17.7 Å². The summed E-state index contributed by atoms with van der Waals surface area (Å²) in [6.07, 6.45) is 1.76. The summed E-state index contributed by atoms with van der Waals surface area (Å²) < 4.78 is 16.2. The number of thioether (sulfide) groups is 1. The first-order chi connectivity index (χ1) is 14.4. The Morgan fingerprint density at radius 3 is 2.63 bits per heavy atom. The number of benzene rings is 2. The molecule has 30 heavy (non-hydrogen) atoms. The van der Waals surface area contributed by atoms with Crippen molar-refractivity contribution >= 4 is 63.2 Å². The minimum absolute atomic E-state index is 0.217. The fraction of sp³-hybridized carbons (Fsp3) is 0.190. The van der Waals surface area contributed by atoms with Gasteiger partial charge in [0.2, 0.25) is 0 Å². The lowest BCUT2D eigenvalue weighted by atomic mass is 10.2. The van der Waals surface area contributed by atoms with Crippen LogP contribution in [0.25, 0.3) is 6.08 Å². The van der Waals surface area contributed by atoms with Crippen molar-refractivity contribution in [2.45, 2.75) is 6.92 Å². The Bertz CT molecular complexity index is 1030. The van der Waals surface area contributed by atoms with Gasteiger partial charge in [0.1, 0.15) is 0 Å². The predicted octanol–water partition coefficient (Wildman–Crippen LogP) is 4.05. The van der Waals surface area contributed by atoms with Crippen molar-refractivity contribution < 1.29 is 23.8 Å². The Labute approximate surface area is 192 Å². The van der Waals surface area contributed by atoms with Crippen LogP contribution in [0.1, 0.15) is 11.1 Å². The third-order valence-electron chi connectivity index (χ3n) is 4.03. The van der Waals surface area contributed by atoms with Crippen LogP contribution < -0.4 is 14.8 Å². The zero-order valence-electron chi connectivity index (χ0n) is 16.5. The van der Waals surface area contributed by atoms with E-state index in [2.05, 4.69) is 37.6 Å². The minimum Gasteiger partial charge on any atom is -0.493 e. The third-order valence-corrected chi connectivity index (χ3v) is 5.74. The van der Waals surface area contributed by atoms with Crippen LogP contribution in [-0.4, -0.2) is 37.9 Å². The van der Waals surface area contributed by atoms with Gasteiger partial charge < -0.3 is 19.5 Å². The molecule has 1 fully saturated rings. The Morgan fingerprint density at radius 2 is 1.97 bits per heavy atom. The zero-order chi connectivity index (χ0) is 21.7. The molecule has 156 valence electrons. The first kappa shape index (κ1) is 22.2. The Hall–Kier alpha value is -2.53. The molecule has 3 rings (SSSR count). The SMILES string of the molecule is COC(=O)COc1c(I)cc(/C=C2/SC(=Nc3ccc(C)cc3)NC2=O)cc1OC. The van der Waals surface area contributed by atoms with Crippen LogP contribution >= 0.6 is 34.4 Å². The Morgan fingerprint density at radius 1 is 1.23 bits per heavy atom. The molecule has 0 bridgehead atoms. The lowest BCUT2D eigenvalue weighted by Gasteiger charge is -2.13. The van der Waals surface area contributed by atoms with E-state index < -0.39 is 5.97 Å². The van der Waals surface area contributed by atoms with Gasteiger partial charge in [0.25, 0.3) is 5.91 Å². The number of methoxy groups -OCH3 is 2. The lowest BCUT2D eigenvalue weighted by Crippen LogP contribution is -2.19. The third kappa shape index (κ3) is 5.54. The van der Waals surface area contributed by atoms with E-state index >= 15 is 0 Å². The van der Waals surface area contributed by atoms with Crippen LogP contribution in [0.2, 0.25) is 0 Å². The zero-order valence-corrected chi connectivity index (χ0v) is 19.5. The first-order valence-corrected chi connectivity index (χ1v) is 10.7. The number of amidine groups is 1. The van der Waals surface area contributed by atoms with E-state index in [1.165, 1.54) is 26.0 Å². The molecule has 2 aromatic carbocycles. The van der Waals surface area contributed by atoms with Crippen molar-refractivity contribution in [3.8, 4) is 11.5 Å². The number of nitrogens with zero attached hydrogens (tertiary/aromatic N) is 1. The normalized spacial score (nSPS) is 15.9. The lowest BCUT2D eigenvalue weighted by molar-refractivity contribution is -0.142. The van der Waals surface area contributed by atoms with Gasteiger partial charge in [0.15, 0.2) is 23.3 Å². The second-order valence-corrected chi connectivity index (χ2v) is 8.41. The van der Waals surface area contributed by atoms with E-state index in [4.69, 9.17) is 9.47 Å². The molecule has 0 atom stereocenters. The van der Waals surface area contributed by atoms with E-state index in [1.54, 1.807) is 12.1 Å². The maximum atomic E-state index is 12.4. The molecular formula is C21H19IN2O5S. The number of nitrogens with one attached hydrogen (secondary N) is 1. The van der Waals surface area contributed by atoms with Crippen LogP contribution in [0.4, 0.5) is 5.69 Å². The number of aryl methyl sites for hydroxylation is 1. The minimum atomic E-state index is -0.488. The summed E-state index contributed by atoms with van der Waals surface area (Å²) in [6, 6.07) is 11.3. The molecule has 1 heterocycles. The molecule has 2 aromatic rings. The van der Waals surface area contributed by atoms with Crippen LogP contribution in [-0.2, 0) is 14.3 Å².